The van der Waals surface area contributed by atoms with Crippen LogP contribution in [0.5, 0.6) is 0 Å². The molecule has 2 heterocycles. The minimum absolute atomic E-state index is 0.496. The number of aromatic nitrogens is 1. The summed E-state index contributed by atoms with van der Waals surface area (Å²) >= 11 is 1.70. The van der Waals surface area contributed by atoms with Crippen LogP contribution in [0.2, 0.25) is 0 Å². The van der Waals surface area contributed by atoms with E-state index in [4.69, 9.17) is 15.5 Å². The summed E-state index contributed by atoms with van der Waals surface area (Å²) in [5.41, 5.74) is 6.76. The van der Waals surface area contributed by atoms with Gasteiger partial charge in [0.2, 0.25) is 0 Å². The highest BCUT2D eigenvalue weighted by Crippen LogP contribution is 2.29. The van der Waals surface area contributed by atoms with Crippen molar-refractivity contribution >= 4 is 16.5 Å². The first-order chi connectivity index (χ1) is 8.65. The van der Waals surface area contributed by atoms with E-state index in [1.165, 1.54) is 0 Å². The maximum Gasteiger partial charge on any atom is 0.186 e. The lowest BCUT2D eigenvalue weighted by molar-refractivity contribution is 0.181. The Morgan fingerprint density at radius 1 is 1.50 bits per heavy atom. The number of rotatable bonds is 4. The van der Waals surface area contributed by atoms with Crippen LogP contribution >= 0.6 is 11.3 Å². The van der Waals surface area contributed by atoms with Gasteiger partial charge in [-0.3, -0.25) is 0 Å². The molecule has 0 spiro atoms. The number of nitrogens with two attached hydrogens (primary N) is 1. The van der Waals surface area contributed by atoms with E-state index in [1.54, 1.807) is 18.4 Å². The molecule has 5 nitrogen and oxygen atoms in total. The molecule has 0 aromatic carbocycles. The van der Waals surface area contributed by atoms with Crippen LogP contribution in [0, 0.1) is 0 Å². The molecule has 1 atom stereocenters. The van der Waals surface area contributed by atoms with E-state index < -0.39 is 0 Å². The fourth-order valence-corrected chi connectivity index (χ4v) is 3.40. The lowest BCUT2D eigenvalue weighted by Crippen LogP contribution is -2.50. The molecular formula is C12H22N4OS. The van der Waals surface area contributed by atoms with Crippen molar-refractivity contribution < 1.29 is 4.74 Å². The Kier molecular flexibility index (Phi) is 4.55. The van der Waals surface area contributed by atoms with Gasteiger partial charge in [-0.05, 0) is 14.0 Å². The lowest BCUT2D eigenvalue weighted by atomic mass is 10.2. The third kappa shape index (κ3) is 2.83. The van der Waals surface area contributed by atoms with E-state index in [9.17, 15) is 0 Å². The number of hydrogen-bond donors (Lipinski definition) is 1. The Balaban J connectivity index is 2.17. The van der Waals surface area contributed by atoms with Crippen LogP contribution in [-0.4, -0.2) is 49.7 Å². The molecule has 1 aliphatic heterocycles. The topological polar surface area (TPSA) is 54.6 Å². The molecule has 6 heteroatoms. The van der Waals surface area contributed by atoms with Crippen molar-refractivity contribution in [1.82, 2.24) is 9.88 Å². The minimum atomic E-state index is 0.496. The average Bonchev–Trinajstić information content (AvgIpc) is 2.72. The predicted octanol–water partition coefficient (Wildman–Crippen LogP) is 0.888. The smallest absolute Gasteiger partial charge is 0.186 e. The van der Waals surface area contributed by atoms with E-state index in [2.05, 4.69) is 23.8 Å². The third-order valence-electron chi connectivity index (χ3n) is 3.31. The van der Waals surface area contributed by atoms with Crippen molar-refractivity contribution in [2.24, 2.45) is 5.73 Å². The number of likely N-dealkylation sites (N-methyl/N-ethyl adjacent to an activating group) is 1. The number of piperazine rings is 1. The summed E-state index contributed by atoms with van der Waals surface area (Å²) in [6.07, 6.45) is 0. The van der Waals surface area contributed by atoms with Gasteiger partial charge in [0.1, 0.15) is 0 Å². The van der Waals surface area contributed by atoms with E-state index in [-0.39, 0.29) is 0 Å². The second-order valence-electron chi connectivity index (χ2n) is 4.81. The highest BCUT2D eigenvalue weighted by molar-refractivity contribution is 7.15. The van der Waals surface area contributed by atoms with Crippen LogP contribution < -0.4 is 10.6 Å². The summed E-state index contributed by atoms with van der Waals surface area (Å²) in [6.45, 7) is 6.53. The molecule has 0 amide bonds. The van der Waals surface area contributed by atoms with Gasteiger partial charge in [-0.2, -0.15) is 0 Å². The van der Waals surface area contributed by atoms with E-state index in [0.29, 0.717) is 19.2 Å². The van der Waals surface area contributed by atoms with Crippen molar-refractivity contribution in [2.75, 3.05) is 38.7 Å². The highest BCUT2D eigenvalue weighted by atomic mass is 32.1. The number of nitrogens with zero attached hydrogens (tertiary/aromatic N) is 3. The Morgan fingerprint density at radius 3 is 2.89 bits per heavy atom. The second-order valence-corrected chi connectivity index (χ2v) is 5.87. The Labute approximate surface area is 113 Å². The SMILES string of the molecule is COCc1nc(N2CCN(C)CC2C)sc1CN. The van der Waals surface area contributed by atoms with Crippen molar-refractivity contribution in [1.29, 1.82) is 0 Å². The van der Waals surface area contributed by atoms with Gasteiger partial charge in [-0.1, -0.05) is 0 Å². The van der Waals surface area contributed by atoms with Crippen LogP contribution in [-0.2, 0) is 17.9 Å². The van der Waals surface area contributed by atoms with Gasteiger partial charge >= 0.3 is 0 Å². The largest absolute Gasteiger partial charge is 0.378 e. The molecule has 1 aromatic heterocycles. The number of methoxy groups -OCH3 is 1. The zero-order valence-electron chi connectivity index (χ0n) is 11.3. The molecule has 102 valence electrons. The fourth-order valence-electron chi connectivity index (χ4n) is 2.33. The van der Waals surface area contributed by atoms with Gasteiger partial charge < -0.3 is 20.3 Å². The van der Waals surface area contributed by atoms with Gasteiger partial charge in [-0.25, -0.2) is 4.98 Å². The van der Waals surface area contributed by atoms with Crippen molar-refractivity contribution in [3.05, 3.63) is 10.6 Å². The summed E-state index contributed by atoms with van der Waals surface area (Å²) in [5.74, 6) is 0. The maximum atomic E-state index is 5.77. The summed E-state index contributed by atoms with van der Waals surface area (Å²) in [7, 11) is 3.86. The molecule has 2 rings (SSSR count). The lowest BCUT2D eigenvalue weighted by Gasteiger charge is -2.38. The number of ether oxygens (including phenoxy) is 1. The summed E-state index contributed by atoms with van der Waals surface area (Å²) in [5, 5.41) is 1.09. The van der Waals surface area contributed by atoms with E-state index in [1.807, 2.05) is 0 Å². The number of anilines is 1. The van der Waals surface area contributed by atoms with Gasteiger partial charge in [0.05, 0.1) is 12.3 Å². The quantitative estimate of drug-likeness (QED) is 0.880. The standard InChI is InChI=1S/C12H22N4OS/c1-9-7-15(2)4-5-16(9)12-14-10(8-17-3)11(6-13)18-12/h9H,4-8,13H2,1-3H3. The molecule has 2 N–H and O–H groups in total. The molecule has 1 saturated heterocycles. The molecule has 1 aromatic rings. The van der Waals surface area contributed by atoms with Crippen LogP contribution in [0.3, 0.4) is 0 Å². The van der Waals surface area contributed by atoms with Crippen molar-refractivity contribution in [3.8, 4) is 0 Å². The van der Waals surface area contributed by atoms with Crippen LogP contribution in [0.1, 0.15) is 17.5 Å². The highest BCUT2D eigenvalue weighted by Gasteiger charge is 2.25. The average molecular weight is 270 g/mol. The Hall–Kier alpha value is -0.690. The first-order valence-electron chi connectivity index (χ1n) is 6.28. The molecular weight excluding hydrogens is 248 g/mol. The van der Waals surface area contributed by atoms with Crippen LogP contribution in [0.25, 0.3) is 0 Å². The fraction of sp³-hybridized carbons (Fsp3) is 0.750. The summed E-state index contributed by atoms with van der Waals surface area (Å²) in [6, 6.07) is 0.496. The summed E-state index contributed by atoms with van der Waals surface area (Å²) < 4.78 is 5.18. The minimum Gasteiger partial charge on any atom is -0.378 e. The zero-order valence-corrected chi connectivity index (χ0v) is 12.2. The van der Waals surface area contributed by atoms with Gasteiger partial charge in [0, 0.05) is 44.2 Å². The second kappa shape index (κ2) is 5.97. The van der Waals surface area contributed by atoms with Gasteiger partial charge in [0.15, 0.2) is 5.13 Å². The first kappa shape index (κ1) is 13.7. The van der Waals surface area contributed by atoms with Crippen LogP contribution in [0.4, 0.5) is 5.13 Å². The molecule has 0 radical (unpaired) electrons. The molecule has 1 aliphatic rings. The Bertz CT molecular complexity index is 395. The first-order valence-corrected chi connectivity index (χ1v) is 7.10. The molecule has 0 bridgehead atoms. The Morgan fingerprint density at radius 2 is 2.28 bits per heavy atom. The van der Waals surface area contributed by atoms with Crippen LogP contribution in [0.15, 0.2) is 0 Å². The molecule has 0 aliphatic carbocycles. The normalized spacial score (nSPS) is 21.6. The zero-order chi connectivity index (χ0) is 13.1. The molecule has 1 fully saturated rings. The van der Waals surface area contributed by atoms with Crippen molar-refractivity contribution in [2.45, 2.75) is 26.1 Å². The van der Waals surface area contributed by atoms with E-state index >= 15 is 0 Å². The molecule has 18 heavy (non-hydrogen) atoms. The van der Waals surface area contributed by atoms with E-state index in [0.717, 1.165) is 35.3 Å². The monoisotopic (exact) mass is 270 g/mol. The molecule has 1 unspecified atom stereocenters. The maximum absolute atomic E-state index is 5.77. The third-order valence-corrected chi connectivity index (χ3v) is 4.47. The molecule has 0 saturated carbocycles. The number of hydrogen-bond acceptors (Lipinski definition) is 6. The van der Waals surface area contributed by atoms with Gasteiger partial charge in [0.25, 0.3) is 0 Å². The van der Waals surface area contributed by atoms with Gasteiger partial charge in [-0.15, -0.1) is 11.3 Å². The predicted molar refractivity (Wildman–Crippen MR) is 75.0 cm³/mol. The summed E-state index contributed by atoms with van der Waals surface area (Å²) in [4.78, 5) is 10.6. The number of thiazole rings is 1. The van der Waals surface area contributed by atoms with Crippen molar-refractivity contribution in [3.63, 3.8) is 0 Å².